The minimum absolute atomic E-state index is 0.0613. The summed E-state index contributed by atoms with van der Waals surface area (Å²) < 4.78 is 5.60. The van der Waals surface area contributed by atoms with E-state index in [2.05, 4.69) is 33.3 Å². The van der Waals surface area contributed by atoms with E-state index < -0.39 is 0 Å². The first-order valence-corrected chi connectivity index (χ1v) is 9.15. The molecular weight excluding hydrogens is 342 g/mol. The van der Waals surface area contributed by atoms with Crippen LogP contribution in [0.25, 0.3) is 0 Å². The molecule has 0 saturated carbocycles. The van der Waals surface area contributed by atoms with Gasteiger partial charge in [0.2, 0.25) is 0 Å². The van der Waals surface area contributed by atoms with Gasteiger partial charge in [-0.15, -0.1) is 0 Å². The van der Waals surface area contributed by atoms with Gasteiger partial charge in [-0.3, -0.25) is 9.78 Å². The molecule has 0 spiro atoms. The van der Waals surface area contributed by atoms with Crippen molar-refractivity contribution >= 4 is 11.6 Å². The molecule has 7 heteroatoms. The van der Waals surface area contributed by atoms with Crippen molar-refractivity contribution in [3.05, 3.63) is 59.9 Å². The number of carbonyl (C=O) groups excluding carboxylic acids is 1. The fraction of sp³-hybridized carbons (Fsp3) is 0.350. The number of aromatic nitrogens is 1. The van der Waals surface area contributed by atoms with E-state index in [4.69, 9.17) is 4.74 Å². The molecule has 0 radical (unpaired) electrons. The number of carbonyl (C=O) groups is 1. The van der Waals surface area contributed by atoms with Gasteiger partial charge in [0.1, 0.15) is 11.8 Å². The molecule has 1 fully saturated rings. The molecule has 7 nitrogen and oxygen atoms in total. The monoisotopic (exact) mass is 367 g/mol. The lowest BCUT2D eigenvalue weighted by Gasteiger charge is -2.11. The summed E-state index contributed by atoms with van der Waals surface area (Å²) in [6, 6.07) is 11.4. The van der Waals surface area contributed by atoms with Crippen LogP contribution in [-0.2, 0) is 4.79 Å². The molecule has 1 aromatic heterocycles. The van der Waals surface area contributed by atoms with Crippen LogP contribution >= 0.6 is 0 Å². The fourth-order valence-electron chi connectivity index (χ4n) is 2.84. The van der Waals surface area contributed by atoms with Gasteiger partial charge in [0.15, 0.2) is 0 Å². The number of nitrogens with zero attached hydrogens (tertiary/aromatic N) is 2. The third-order valence-electron chi connectivity index (χ3n) is 4.41. The number of hydrogen-bond donors (Lipinski definition) is 3. The third kappa shape index (κ3) is 5.12. The normalized spacial score (nSPS) is 19.7. The molecule has 1 aliphatic heterocycles. The Balaban J connectivity index is 1.53. The number of hydrazone groups is 1. The lowest BCUT2D eigenvalue weighted by molar-refractivity contribution is -0.122. The molecule has 2 atom stereocenters. The second kappa shape index (κ2) is 9.25. The number of benzene rings is 1. The van der Waals surface area contributed by atoms with Crippen LogP contribution in [0.1, 0.15) is 43.9 Å². The van der Waals surface area contributed by atoms with Gasteiger partial charge >= 0.3 is 0 Å². The summed E-state index contributed by atoms with van der Waals surface area (Å²) in [5.74, 6) is 0.697. The fourth-order valence-corrected chi connectivity index (χ4v) is 2.84. The number of ether oxygens (including phenoxy) is 1. The number of pyridine rings is 1. The molecule has 27 heavy (non-hydrogen) atoms. The van der Waals surface area contributed by atoms with Gasteiger partial charge in [-0.05, 0) is 49.6 Å². The van der Waals surface area contributed by atoms with Crippen molar-refractivity contribution in [2.75, 3.05) is 6.61 Å². The molecule has 2 aromatic rings. The summed E-state index contributed by atoms with van der Waals surface area (Å²) in [6.07, 6.45) is 5.02. The largest absolute Gasteiger partial charge is 0.494 e. The topological polar surface area (TPSA) is 87.6 Å². The number of rotatable bonds is 7. The number of hydrazine groups is 1. The van der Waals surface area contributed by atoms with E-state index in [9.17, 15) is 4.79 Å². The van der Waals surface area contributed by atoms with Crippen molar-refractivity contribution in [2.24, 2.45) is 5.10 Å². The molecule has 2 unspecified atom stereocenters. The Bertz CT molecular complexity index is 777. The van der Waals surface area contributed by atoms with Gasteiger partial charge in [-0.1, -0.05) is 19.1 Å². The summed E-state index contributed by atoms with van der Waals surface area (Å²) in [5.41, 5.74) is 11.6. The standard InChI is InChI=1S/C20H25N5O2/c1-3-12-27-17-6-4-16(5-7-17)18-13-19(24-23-18)20(26)25-22-14(2)15-8-10-21-11-9-15/h4-11,18-19,23-24H,3,12-13H2,1-2H3,(H,25,26)/b22-14+. The van der Waals surface area contributed by atoms with Crippen molar-refractivity contribution < 1.29 is 9.53 Å². The van der Waals surface area contributed by atoms with Crippen molar-refractivity contribution in [2.45, 2.75) is 38.8 Å². The second-order valence-electron chi connectivity index (χ2n) is 6.46. The predicted octanol–water partition coefficient (Wildman–Crippen LogP) is 2.32. The average molecular weight is 367 g/mol. The Morgan fingerprint density at radius 1 is 1.22 bits per heavy atom. The zero-order valence-electron chi connectivity index (χ0n) is 15.6. The third-order valence-corrected chi connectivity index (χ3v) is 4.41. The maximum Gasteiger partial charge on any atom is 0.258 e. The minimum Gasteiger partial charge on any atom is -0.494 e. The predicted molar refractivity (Wildman–Crippen MR) is 104 cm³/mol. The number of nitrogens with one attached hydrogen (secondary N) is 3. The summed E-state index contributed by atoms with van der Waals surface area (Å²) in [5, 5.41) is 4.18. The van der Waals surface area contributed by atoms with Crippen LogP contribution in [0.3, 0.4) is 0 Å². The van der Waals surface area contributed by atoms with Crippen molar-refractivity contribution in [3.8, 4) is 5.75 Å². The van der Waals surface area contributed by atoms with Gasteiger partial charge in [-0.2, -0.15) is 5.10 Å². The molecule has 1 aromatic carbocycles. The van der Waals surface area contributed by atoms with Gasteiger partial charge in [0.25, 0.3) is 5.91 Å². The molecule has 0 bridgehead atoms. The lowest BCUT2D eigenvalue weighted by Crippen LogP contribution is -2.41. The molecule has 1 amide bonds. The Morgan fingerprint density at radius 3 is 2.67 bits per heavy atom. The van der Waals surface area contributed by atoms with E-state index in [-0.39, 0.29) is 18.0 Å². The highest BCUT2D eigenvalue weighted by atomic mass is 16.5. The first-order valence-electron chi connectivity index (χ1n) is 9.15. The van der Waals surface area contributed by atoms with Crippen LogP contribution in [0, 0.1) is 0 Å². The van der Waals surface area contributed by atoms with Gasteiger partial charge in [-0.25, -0.2) is 16.3 Å². The van der Waals surface area contributed by atoms with Crippen LogP contribution < -0.4 is 21.0 Å². The molecule has 3 rings (SSSR count). The Hall–Kier alpha value is -2.77. The smallest absolute Gasteiger partial charge is 0.258 e. The number of hydrogen-bond acceptors (Lipinski definition) is 6. The van der Waals surface area contributed by atoms with Gasteiger partial charge in [0.05, 0.1) is 12.3 Å². The van der Waals surface area contributed by atoms with Gasteiger partial charge < -0.3 is 4.74 Å². The minimum atomic E-state index is -0.347. The summed E-state index contributed by atoms with van der Waals surface area (Å²) in [6.45, 7) is 4.64. The quantitative estimate of drug-likeness (QED) is 0.516. The zero-order chi connectivity index (χ0) is 19.1. The van der Waals surface area contributed by atoms with E-state index >= 15 is 0 Å². The van der Waals surface area contributed by atoms with Crippen LogP contribution in [0.4, 0.5) is 0 Å². The summed E-state index contributed by atoms with van der Waals surface area (Å²) >= 11 is 0. The Kier molecular flexibility index (Phi) is 6.51. The molecule has 142 valence electrons. The molecule has 1 saturated heterocycles. The van der Waals surface area contributed by atoms with Crippen LogP contribution in [-0.4, -0.2) is 29.3 Å². The van der Waals surface area contributed by atoms with E-state index in [1.165, 1.54) is 0 Å². The summed E-state index contributed by atoms with van der Waals surface area (Å²) in [4.78, 5) is 16.4. The maximum atomic E-state index is 12.4. The lowest BCUT2D eigenvalue weighted by atomic mass is 10.0. The number of amides is 1. The van der Waals surface area contributed by atoms with Crippen LogP contribution in [0.2, 0.25) is 0 Å². The summed E-state index contributed by atoms with van der Waals surface area (Å²) in [7, 11) is 0. The van der Waals surface area contributed by atoms with Gasteiger partial charge in [0, 0.05) is 24.0 Å². The first kappa shape index (κ1) is 19.0. The molecular formula is C20H25N5O2. The molecule has 2 heterocycles. The van der Waals surface area contributed by atoms with E-state index in [1.54, 1.807) is 12.4 Å². The SMILES string of the molecule is CCCOc1ccc(C2CC(C(=O)N/N=C(\C)c3ccncc3)NN2)cc1. The van der Waals surface area contributed by atoms with Crippen molar-refractivity contribution in [1.29, 1.82) is 0 Å². The molecule has 1 aliphatic rings. The van der Waals surface area contributed by atoms with Crippen molar-refractivity contribution in [1.82, 2.24) is 21.3 Å². The van der Waals surface area contributed by atoms with E-state index in [1.807, 2.05) is 43.3 Å². The maximum absolute atomic E-state index is 12.4. The van der Waals surface area contributed by atoms with E-state index in [0.717, 1.165) is 29.0 Å². The Morgan fingerprint density at radius 2 is 1.96 bits per heavy atom. The van der Waals surface area contributed by atoms with E-state index in [0.29, 0.717) is 13.0 Å². The van der Waals surface area contributed by atoms with Crippen molar-refractivity contribution in [3.63, 3.8) is 0 Å². The highest BCUT2D eigenvalue weighted by molar-refractivity contribution is 5.99. The second-order valence-corrected chi connectivity index (χ2v) is 6.46. The first-order chi connectivity index (χ1) is 13.2. The molecule has 3 N–H and O–H groups in total. The highest BCUT2D eigenvalue weighted by Gasteiger charge is 2.30. The highest BCUT2D eigenvalue weighted by Crippen LogP contribution is 2.24. The zero-order valence-corrected chi connectivity index (χ0v) is 15.6. The molecule has 0 aliphatic carbocycles. The average Bonchev–Trinajstić information content (AvgIpc) is 3.21. The Labute approximate surface area is 159 Å². The van der Waals surface area contributed by atoms with Crippen LogP contribution in [0.5, 0.6) is 5.75 Å². The van der Waals surface area contributed by atoms with Crippen LogP contribution in [0.15, 0.2) is 53.9 Å².